The first-order valence-corrected chi connectivity index (χ1v) is 11.6. The molecule has 3 rings (SSSR count). The molecule has 29 heavy (non-hydrogen) atoms. The van der Waals surface area contributed by atoms with Crippen molar-refractivity contribution in [3.05, 3.63) is 64.7 Å². The van der Waals surface area contributed by atoms with E-state index in [0.717, 1.165) is 17.5 Å². The van der Waals surface area contributed by atoms with Gasteiger partial charge in [0, 0.05) is 11.6 Å². The molecule has 1 unspecified atom stereocenters. The van der Waals surface area contributed by atoms with E-state index in [2.05, 4.69) is 5.32 Å². The average molecular weight is 436 g/mol. The lowest BCUT2D eigenvalue weighted by atomic mass is 9.89. The number of rotatable bonds is 7. The number of hydrogen-bond acceptors (Lipinski definition) is 4. The summed E-state index contributed by atoms with van der Waals surface area (Å²) in [5.74, 6) is -0.107. The quantitative estimate of drug-likeness (QED) is 0.721. The van der Waals surface area contributed by atoms with Crippen molar-refractivity contribution in [1.82, 2.24) is 5.32 Å². The summed E-state index contributed by atoms with van der Waals surface area (Å²) in [6.45, 7) is 4.38. The maximum absolute atomic E-state index is 12.7. The number of ether oxygens (including phenoxy) is 1. The van der Waals surface area contributed by atoms with E-state index >= 15 is 0 Å². The fourth-order valence-electron chi connectivity index (χ4n) is 3.48. The fraction of sp³-hybridized carbons (Fsp3) is 0.409. The Balaban J connectivity index is 1.67. The Morgan fingerprint density at radius 2 is 1.72 bits per heavy atom. The Hall–Kier alpha value is -1.89. The number of carbonyl (C=O) groups is 1. The van der Waals surface area contributed by atoms with E-state index < -0.39 is 20.6 Å². The zero-order valence-electron chi connectivity index (χ0n) is 16.7. The number of carbonyl (C=O) groups excluding carboxylic acids is 1. The second-order valence-electron chi connectivity index (χ2n) is 7.85. The van der Waals surface area contributed by atoms with E-state index in [1.165, 1.54) is 0 Å². The standard InChI is InChI=1S/C22H26ClNO4S/c1-16(2)29(26,27)20-9-5-17(6-10-20)13-21(25)24-22(11-12-28-15-22)14-18-3-7-19(23)8-4-18/h3-10,16H,11-15H2,1-2H3,(H,24,25). The van der Waals surface area contributed by atoms with Crippen LogP contribution in [0.4, 0.5) is 0 Å². The summed E-state index contributed by atoms with van der Waals surface area (Å²) in [6, 6.07) is 14.1. The van der Waals surface area contributed by atoms with Crippen LogP contribution in [-0.4, -0.2) is 38.3 Å². The number of benzene rings is 2. The highest BCUT2D eigenvalue weighted by Gasteiger charge is 2.36. The van der Waals surface area contributed by atoms with Gasteiger partial charge in [0.1, 0.15) is 0 Å². The van der Waals surface area contributed by atoms with Crippen LogP contribution in [0.25, 0.3) is 0 Å². The van der Waals surface area contributed by atoms with Gasteiger partial charge in [-0.1, -0.05) is 35.9 Å². The van der Waals surface area contributed by atoms with Crippen molar-refractivity contribution >= 4 is 27.3 Å². The predicted octanol–water partition coefficient (Wildman–Crippen LogP) is 3.58. The van der Waals surface area contributed by atoms with E-state index in [4.69, 9.17) is 16.3 Å². The normalized spacial score (nSPS) is 19.4. The molecule has 0 aromatic heterocycles. The maximum atomic E-state index is 12.7. The van der Waals surface area contributed by atoms with Gasteiger partial charge in [0.2, 0.25) is 5.91 Å². The van der Waals surface area contributed by atoms with Crippen LogP contribution >= 0.6 is 11.6 Å². The number of sulfone groups is 1. The van der Waals surface area contributed by atoms with Gasteiger partial charge in [0.25, 0.3) is 0 Å². The Bertz CT molecular complexity index is 947. The molecule has 156 valence electrons. The largest absolute Gasteiger partial charge is 0.379 e. The summed E-state index contributed by atoms with van der Waals surface area (Å²) in [4.78, 5) is 13.0. The number of halogens is 1. The van der Waals surface area contributed by atoms with Crippen LogP contribution < -0.4 is 5.32 Å². The molecule has 2 aromatic rings. The van der Waals surface area contributed by atoms with E-state index in [1.54, 1.807) is 38.1 Å². The van der Waals surface area contributed by atoms with Crippen molar-refractivity contribution in [2.75, 3.05) is 13.2 Å². The molecule has 0 saturated carbocycles. The van der Waals surface area contributed by atoms with Gasteiger partial charge in [-0.2, -0.15) is 0 Å². The highest BCUT2D eigenvalue weighted by atomic mass is 35.5. The lowest BCUT2D eigenvalue weighted by Crippen LogP contribution is -2.51. The molecule has 1 heterocycles. The van der Waals surface area contributed by atoms with Crippen LogP contribution in [0.2, 0.25) is 5.02 Å². The molecule has 1 fully saturated rings. The zero-order valence-corrected chi connectivity index (χ0v) is 18.2. The fourth-order valence-corrected chi connectivity index (χ4v) is 4.66. The van der Waals surface area contributed by atoms with Crippen molar-refractivity contribution < 1.29 is 17.9 Å². The SMILES string of the molecule is CC(C)S(=O)(=O)c1ccc(CC(=O)NC2(Cc3ccc(Cl)cc3)CCOC2)cc1. The van der Waals surface area contributed by atoms with E-state index in [-0.39, 0.29) is 17.2 Å². The number of nitrogens with one attached hydrogen (secondary N) is 1. The van der Waals surface area contributed by atoms with E-state index in [0.29, 0.717) is 24.7 Å². The number of hydrogen-bond donors (Lipinski definition) is 1. The minimum absolute atomic E-state index is 0.107. The van der Waals surface area contributed by atoms with Crippen LogP contribution in [0.3, 0.4) is 0 Å². The van der Waals surface area contributed by atoms with Gasteiger partial charge in [-0.05, 0) is 62.1 Å². The van der Waals surface area contributed by atoms with Crippen LogP contribution in [0.1, 0.15) is 31.4 Å². The number of amides is 1. The van der Waals surface area contributed by atoms with Gasteiger partial charge in [-0.3, -0.25) is 4.79 Å². The second-order valence-corrected chi connectivity index (χ2v) is 10.8. The third-order valence-electron chi connectivity index (χ3n) is 5.20. The molecule has 1 saturated heterocycles. The molecular weight excluding hydrogens is 410 g/mol. The first-order chi connectivity index (χ1) is 13.7. The van der Waals surface area contributed by atoms with Gasteiger partial charge < -0.3 is 10.1 Å². The van der Waals surface area contributed by atoms with Crippen LogP contribution in [-0.2, 0) is 32.2 Å². The summed E-state index contributed by atoms with van der Waals surface area (Å²) in [7, 11) is -3.31. The molecule has 1 aliphatic rings. The third kappa shape index (κ3) is 5.38. The van der Waals surface area contributed by atoms with E-state index in [1.807, 2.05) is 24.3 Å². The van der Waals surface area contributed by atoms with Gasteiger partial charge >= 0.3 is 0 Å². The van der Waals surface area contributed by atoms with Crippen molar-refractivity contribution in [3.8, 4) is 0 Å². The lowest BCUT2D eigenvalue weighted by Gasteiger charge is -2.29. The molecule has 0 radical (unpaired) electrons. The molecule has 5 nitrogen and oxygen atoms in total. The second kappa shape index (κ2) is 8.86. The summed E-state index contributed by atoms with van der Waals surface area (Å²) in [5.41, 5.74) is 1.42. The Kier molecular flexibility index (Phi) is 6.66. The smallest absolute Gasteiger partial charge is 0.224 e. The van der Waals surface area contributed by atoms with Crippen molar-refractivity contribution in [1.29, 1.82) is 0 Å². The molecule has 1 N–H and O–H groups in total. The topological polar surface area (TPSA) is 72.5 Å². The molecular formula is C22H26ClNO4S. The van der Waals surface area contributed by atoms with Crippen LogP contribution in [0.5, 0.6) is 0 Å². The highest BCUT2D eigenvalue weighted by molar-refractivity contribution is 7.92. The molecule has 1 atom stereocenters. The van der Waals surface area contributed by atoms with E-state index in [9.17, 15) is 13.2 Å². The summed E-state index contributed by atoms with van der Waals surface area (Å²) in [6.07, 6.45) is 1.60. The van der Waals surface area contributed by atoms with Crippen molar-refractivity contribution in [2.45, 2.75) is 48.8 Å². The van der Waals surface area contributed by atoms with Gasteiger partial charge in [0.05, 0.1) is 28.7 Å². The highest BCUT2D eigenvalue weighted by Crippen LogP contribution is 2.25. The lowest BCUT2D eigenvalue weighted by molar-refractivity contribution is -0.122. The van der Waals surface area contributed by atoms with Crippen LogP contribution in [0, 0.1) is 0 Å². The summed E-state index contributed by atoms with van der Waals surface area (Å²) < 4.78 is 30.0. The van der Waals surface area contributed by atoms with Crippen LogP contribution in [0.15, 0.2) is 53.4 Å². The first-order valence-electron chi connectivity index (χ1n) is 9.66. The summed E-state index contributed by atoms with van der Waals surface area (Å²) >= 11 is 5.96. The van der Waals surface area contributed by atoms with Crippen molar-refractivity contribution in [2.24, 2.45) is 0 Å². The third-order valence-corrected chi connectivity index (χ3v) is 7.62. The molecule has 0 bridgehead atoms. The predicted molar refractivity (Wildman–Crippen MR) is 114 cm³/mol. The monoisotopic (exact) mass is 435 g/mol. The minimum Gasteiger partial charge on any atom is -0.379 e. The van der Waals surface area contributed by atoms with Gasteiger partial charge in [-0.15, -0.1) is 0 Å². The molecule has 2 aromatic carbocycles. The maximum Gasteiger partial charge on any atom is 0.224 e. The Morgan fingerprint density at radius 3 is 2.28 bits per heavy atom. The molecule has 7 heteroatoms. The van der Waals surface area contributed by atoms with Crippen molar-refractivity contribution in [3.63, 3.8) is 0 Å². The first kappa shape index (κ1) is 21.8. The Labute approximate surface area is 177 Å². The van der Waals surface area contributed by atoms with Gasteiger partial charge in [0.15, 0.2) is 9.84 Å². The average Bonchev–Trinajstić information content (AvgIpc) is 3.11. The summed E-state index contributed by atoms with van der Waals surface area (Å²) in [5, 5.41) is 3.35. The minimum atomic E-state index is -3.31. The molecule has 1 amide bonds. The van der Waals surface area contributed by atoms with Gasteiger partial charge in [-0.25, -0.2) is 8.42 Å². The Morgan fingerprint density at radius 1 is 1.10 bits per heavy atom. The molecule has 1 aliphatic heterocycles. The zero-order chi connectivity index (χ0) is 21.1. The molecule has 0 spiro atoms. The molecule has 0 aliphatic carbocycles.